The lowest BCUT2D eigenvalue weighted by Crippen LogP contribution is -2.40. The maximum Gasteiger partial charge on any atom is 0.194 e. The van der Waals surface area contributed by atoms with E-state index in [9.17, 15) is 0 Å². The number of imidazole rings is 1. The average Bonchev–Trinajstić information content (AvgIpc) is 3.34. The molecule has 156 valence electrons. The van der Waals surface area contributed by atoms with E-state index in [4.69, 9.17) is 4.99 Å². The summed E-state index contributed by atoms with van der Waals surface area (Å²) in [5.41, 5.74) is 1.32. The molecule has 7 nitrogen and oxygen atoms in total. The number of aryl methyl sites for hydroxylation is 1. The van der Waals surface area contributed by atoms with Gasteiger partial charge in [-0.15, -0.1) is 24.0 Å². The molecule has 3 rings (SSSR count). The fourth-order valence-electron chi connectivity index (χ4n) is 3.72. The SMILES string of the molecule is CCNC(=NCc1nccn1CC(C)C)N1CCC(Cc2cnn(C)c2)C1.I. The molecule has 1 saturated heterocycles. The zero-order valence-corrected chi connectivity index (χ0v) is 19.8. The monoisotopic (exact) mass is 499 g/mol. The number of likely N-dealkylation sites (tertiary alicyclic amines) is 1. The smallest absolute Gasteiger partial charge is 0.194 e. The van der Waals surface area contributed by atoms with E-state index in [0.29, 0.717) is 18.4 Å². The predicted octanol–water partition coefficient (Wildman–Crippen LogP) is 2.92. The number of rotatable bonds is 7. The van der Waals surface area contributed by atoms with Gasteiger partial charge < -0.3 is 14.8 Å². The van der Waals surface area contributed by atoms with Gasteiger partial charge in [-0.1, -0.05) is 13.8 Å². The van der Waals surface area contributed by atoms with Crippen molar-refractivity contribution >= 4 is 29.9 Å². The Kier molecular flexibility index (Phi) is 8.78. The minimum atomic E-state index is 0. The summed E-state index contributed by atoms with van der Waals surface area (Å²) in [6, 6.07) is 0. The first-order chi connectivity index (χ1) is 13.0. The Morgan fingerprint density at radius 2 is 2.21 bits per heavy atom. The summed E-state index contributed by atoms with van der Waals surface area (Å²) in [7, 11) is 1.98. The summed E-state index contributed by atoms with van der Waals surface area (Å²) < 4.78 is 4.10. The van der Waals surface area contributed by atoms with Gasteiger partial charge in [-0.25, -0.2) is 9.98 Å². The lowest BCUT2D eigenvalue weighted by atomic mass is 10.0. The fraction of sp³-hybridized carbons (Fsp3) is 0.650. The molecule has 2 aromatic heterocycles. The van der Waals surface area contributed by atoms with Crippen LogP contribution in [0, 0.1) is 11.8 Å². The van der Waals surface area contributed by atoms with Crippen molar-refractivity contribution in [3.8, 4) is 0 Å². The van der Waals surface area contributed by atoms with Gasteiger partial charge in [0, 0.05) is 51.8 Å². The fourth-order valence-corrected chi connectivity index (χ4v) is 3.72. The van der Waals surface area contributed by atoms with Crippen LogP contribution in [0.4, 0.5) is 0 Å². The van der Waals surface area contributed by atoms with E-state index in [2.05, 4.69) is 58.0 Å². The van der Waals surface area contributed by atoms with Crippen LogP contribution in [0.2, 0.25) is 0 Å². The molecule has 0 aromatic carbocycles. The highest BCUT2D eigenvalue weighted by molar-refractivity contribution is 14.0. The topological polar surface area (TPSA) is 63.3 Å². The van der Waals surface area contributed by atoms with Crippen molar-refractivity contribution < 1.29 is 0 Å². The molecule has 0 spiro atoms. The van der Waals surface area contributed by atoms with Crippen molar-refractivity contribution in [3.05, 3.63) is 36.2 Å². The van der Waals surface area contributed by atoms with Crippen LogP contribution in [0.3, 0.4) is 0 Å². The Morgan fingerprint density at radius 1 is 1.39 bits per heavy atom. The van der Waals surface area contributed by atoms with Crippen LogP contribution in [-0.4, -0.2) is 49.8 Å². The van der Waals surface area contributed by atoms with Gasteiger partial charge in [0.15, 0.2) is 5.96 Å². The third-order valence-corrected chi connectivity index (χ3v) is 4.94. The molecule has 1 unspecified atom stereocenters. The third-order valence-electron chi connectivity index (χ3n) is 4.94. The molecule has 0 amide bonds. The molecule has 0 aliphatic carbocycles. The van der Waals surface area contributed by atoms with Crippen LogP contribution in [0.5, 0.6) is 0 Å². The van der Waals surface area contributed by atoms with Crippen LogP contribution >= 0.6 is 24.0 Å². The zero-order chi connectivity index (χ0) is 19.2. The highest BCUT2D eigenvalue weighted by atomic mass is 127. The molecule has 1 aliphatic heterocycles. The molecule has 8 heteroatoms. The predicted molar refractivity (Wildman–Crippen MR) is 124 cm³/mol. The average molecular weight is 499 g/mol. The molecule has 1 fully saturated rings. The minimum Gasteiger partial charge on any atom is -0.357 e. The van der Waals surface area contributed by atoms with Gasteiger partial charge >= 0.3 is 0 Å². The van der Waals surface area contributed by atoms with E-state index in [0.717, 1.165) is 44.4 Å². The molecule has 1 N–H and O–H groups in total. The zero-order valence-electron chi connectivity index (χ0n) is 17.5. The second kappa shape index (κ2) is 10.8. The summed E-state index contributed by atoms with van der Waals surface area (Å²) in [5, 5.41) is 7.74. The summed E-state index contributed by atoms with van der Waals surface area (Å²) in [6.07, 6.45) is 10.3. The maximum absolute atomic E-state index is 4.88. The number of halogens is 1. The van der Waals surface area contributed by atoms with Gasteiger partial charge in [-0.05, 0) is 37.2 Å². The Hall–Kier alpha value is -1.58. The summed E-state index contributed by atoms with van der Waals surface area (Å²) in [4.78, 5) is 11.8. The second-order valence-corrected chi connectivity index (χ2v) is 7.89. The normalized spacial score (nSPS) is 17.2. The Balaban J connectivity index is 0.00000280. The third kappa shape index (κ3) is 6.22. The van der Waals surface area contributed by atoms with E-state index in [1.807, 2.05) is 24.1 Å². The van der Waals surface area contributed by atoms with Crippen molar-refractivity contribution in [1.82, 2.24) is 29.5 Å². The molecular formula is C20H34IN7. The van der Waals surface area contributed by atoms with Crippen molar-refractivity contribution in [1.29, 1.82) is 0 Å². The first-order valence-electron chi connectivity index (χ1n) is 10.1. The number of aromatic nitrogens is 4. The maximum atomic E-state index is 4.88. The minimum absolute atomic E-state index is 0. The van der Waals surface area contributed by atoms with Gasteiger partial charge in [0.05, 0.1) is 6.20 Å². The Labute approximate surface area is 185 Å². The highest BCUT2D eigenvalue weighted by Crippen LogP contribution is 2.21. The standard InChI is InChI=1S/C20H33N7.HI/c1-5-21-20(23-12-19-22-7-9-26(19)13-16(2)3)27-8-6-17(15-27)10-18-11-24-25(4)14-18;/h7,9,11,14,16-17H,5-6,8,10,12-13,15H2,1-4H3,(H,21,23);1H. The molecule has 1 atom stereocenters. The van der Waals surface area contributed by atoms with Crippen molar-refractivity contribution in [2.75, 3.05) is 19.6 Å². The lowest BCUT2D eigenvalue weighted by Gasteiger charge is -2.21. The van der Waals surface area contributed by atoms with Crippen LogP contribution in [0.15, 0.2) is 29.8 Å². The molecule has 1 aliphatic rings. The number of nitrogens with zero attached hydrogens (tertiary/aromatic N) is 6. The van der Waals surface area contributed by atoms with Crippen molar-refractivity contribution in [2.45, 2.75) is 46.7 Å². The van der Waals surface area contributed by atoms with E-state index in [-0.39, 0.29) is 24.0 Å². The van der Waals surface area contributed by atoms with E-state index in [1.165, 1.54) is 12.0 Å². The molecule has 28 heavy (non-hydrogen) atoms. The number of hydrogen-bond donors (Lipinski definition) is 1. The molecule has 0 bridgehead atoms. The van der Waals surface area contributed by atoms with E-state index >= 15 is 0 Å². The Bertz CT molecular complexity index is 749. The van der Waals surface area contributed by atoms with Crippen molar-refractivity contribution in [3.63, 3.8) is 0 Å². The van der Waals surface area contributed by atoms with Crippen LogP contribution in [0.1, 0.15) is 38.6 Å². The number of guanidine groups is 1. The quantitative estimate of drug-likeness (QED) is 0.362. The second-order valence-electron chi connectivity index (χ2n) is 7.89. The van der Waals surface area contributed by atoms with Crippen LogP contribution in [-0.2, 0) is 26.6 Å². The first-order valence-corrected chi connectivity index (χ1v) is 10.1. The van der Waals surface area contributed by atoms with Gasteiger partial charge in [-0.3, -0.25) is 4.68 Å². The summed E-state index contributed by atoms with van der Waals surface area (Å²) in [6.45, 7) is 11.2. The number of aliphatic imine (C=N–C) groups is 1. The molecule has 0 saturated carbocycles. The molecule has 0 radical (unpaired) electrons. The highest BCUT2D eigenvalue weighted by Gasteiger charge is 2.25. The largest absolute Gasteiger partial charge is 0.357 e. The molecular weight excluding hydrogens is 465 g/mol. The van der Waals surface area contributed by atoms with Gasteiger partial charge in [0.25, 0.3) is 0 Å². The first kappa shape index (κ1) is 22.7. The van der Waals surface area contributed by atoms with Crippen LogP contribution in [0.25, 0.3) is 0 Å². The lowest BCUT2D eigenvalue weighted by molar-refractivity contribution is 0.458. The summed E-state index contributed by atoms with van der Waals surface area (Å²) >= 11 is 0. The number of hydrogen-bond acceptors (Lipinski definition) is 3. The summed E-state index contributed by atoms with van der Waals surface area (Å²) in [5.74, 6) is 3.29. The van der Waals surface area contributed by atoms with E-state index < -0.39 is 0 Å². The number of nitrogens with one attached hydrogen (secondary N) is 1. The van der Waals surface area contributed by atoms with E-state index in [1.54, 1.807) is 0 Å². The van der Waals surface area contributed by atoms with Gasteiger partial charge in [0.2, 0.25) is 0 Å². The van der Waals surface area contributed by atoms with Gasteiger partial charge in [0.1, 0.15) is 12.4 Å². The Morgan fingerprint density at radius 3 is 2.89 bits per heavy atom. The van der Waals surface area contributed by atoms with Gasteiger partial charge in [-0.2, -0.15) is 5.10 Å². The molecule has 3 heterocycles. The van der Waals surface area contributed by atoms with Crippen LogP contribution < -0.4 is 5.32 Å². The molecule has 2 aromatic rings. The van der Waals surface area contributed by atoms with Crippen molar-refractivity contribution in [2.24, 2.45) is 23.9 Å².